The van der Waals surface area contributed by atoms with E-state index in [1.54, 1.807) is 12.1 Å². The fourth-order valence-corrected chi connectivity index (χ4v) is 2.21. The van der Waals surface area contributed by atoms with Crippen molar-refractivity contribution in [2.24, 2.45) is 5.92 Å². The van der Waals surface area contributed by atoms with Gasteiger partial charge in [0.05, 0.1) is 0 Å². The van der Waals surface area contributed by atoms with Crippen molar-refractivity contribution in [3.63, 3.8) is 0 Å². The summed E-state index contributed by atoms with van der Waals surface area (Å²) in [5.74, 6) is 0.726. The maximum atomic E-state index is 12.6. The Kier molecular flexibility index (Phi) is 3.73. The van der Waals surface area contributed by atoms with Gasteiger partial charge in [0, 0.05) is 0 Å². The third kappa shape index (κ3) is 3.31. The lowest BCUT2D eigenvalue weighted by Crippen LogP contribution is -2.08. The Bertz CT molecular complexity index is 288. The monoisotopic (exact) mass is 207 g/mol. The largest absolute Gasteiger partial charge is 0.316 e. The average Bonchev–Trinajstić information content (AvgIpc) is 2.74. The molecule has 1 N–H and O–H groups in total. The predicted octanol–water partition coefficient (Wildman–Crippen LogP) is 2.76. The van der Waals surface area contributed by atoms with E-state index in [1.165, 1.54) is 37.9 Å². The van der Waals surface area contributed by atoms with Crippen LogP contribution in [0.4, 0.5) is 4.39 Å². The highest BCUT2D eigenvalue weighted by atomic mass is 19.1. The minimum atomic E-state index is -0.140. The zero-order valence-electron chi connectivity index (χ0n) is 9.01. The van der Waals surface area contributed by atoms with Gasteiger partial charge in [-0.1, -0.05) is 12.1 Å². The number of hydrogen-bond acceptors (Lipinski definition) is 1. The maximum Gasteiger partial charge on any atom is 0.123 e. The molecule has 1 unspecified atom stereocenters. The van der Waals surface area contributed by atoms with Gasteiger partial charge in [-0.2, -0.15) is 0 Å². The molecule has 1 aromatic carbocycles. The molecule has 1 saturated heterocycles. The summed E-state index contributed by atoms with van der Waals surface area (Å²) in [5, 5.41) is 3.38. The van der Waals surface area contributed by atoms with Crippen LogP contribution in [-0.2, 0) is 6.42 Å². The summed E-state index contributed by atoms with van der Waals surface area (Å²) < 4.78 is 12.6. The molecule has 1 fully saturated rings. The lowest BCUT2D eigenvalue weighted by atomic mass is 9.99. The Morgan fingerprint density at radius 2 is 2.07 bits per heavy atom. The Labute approximate surface area is 90.7 Å². The van der Waals surface area contributed by atoms with E-state index in [9.17, 15) is 4.39 Å². The molecule has 2 rings (SSSR count). The summed E-state index contributed by atoms with van der Waals surface area (Å²) in [4.78, 5) is 0. The number of aryl methyl sites for hydroxylation is 1. The Morgan fingerprint density at radius 1 is 1.27 bits per heavy atom. The standard InChI is InChI=1S/C13H18FN/c14-13-6-4-11(5-7-13)2-1-3-12-8-9-15-10-12/h4-7,12,15H,1-3,8-10H2. The Balaban J connectivity index is 1.71. The first-order chi connectivity index (χ1) is 7.34. The Morgan fingerprint density at radius 3 is 2.73 bits per heavy atom. The van der Waals surface area contributed by atoms with Gasteiger partial charge in [0.1, 0.15) is 5.82 Å². The molecule has 1 nitrogen and oxygen atoms in total. The highest BCUT2D eigenvalue weighted by molar-refractivity contribution is 5.15. The maximum absolute atomic E-state index is 12.6. The van der Waals surface area contributed by atoms with Crippen LogP contribution >= 0.6 is 0 Å². The molecule has 0 amide bonds. The number of hydrogen-bond donors (Lipinski definition) is 1. The smallest absolute Gasteiger partial charge is 0.123 e. The van der Waals surface area contributed by atoms with Crippen LogP contribution < -0.4 is 5.32 Å². The van der Waals surface area contributed by atoms with Gasteiger partial charge in [-0.3, -0.25) is 0 Å². The molecule has 0 bridgehead atoms. The number of nitrogens with one attached hydrogen (secondary N) is 1. The van der Waals surface area contributed by atoms with Crippen molar-refractivity contribution in [3.05, 3.63) is 35.6 Å². The third-order valence-electron chi connectivity index (χ3n) is 3.15. The van der Waals surface area contributed by atoms with E-state index in [4.69, 9.17) is 0 Å². The van der Waals surface area contributed by atoms with Gasteiger partial charge in [-0.25, -0.2) is 4.39 Å². The molecule has 0 aromatic heterocycles. The minimum absolute atomic E-state index is 0.140. The summed E-state index contributed by atoms with van der Waals surface area (Å²) in [6.45, 7) is 2.37. The van der Waals surface area contributed by atoms with Crippen LogP contribution in [0.5, 0.6) is 0 Å². The molecule has 1 heterocycles. The van der Waals surface area contributed by atoms with Gasteiger partial charge in [0.15, 0.2) is 0 Å². The molecule has 82 valence electrons. The quantitative estimate of drug-likeness (QED) is 0.800. The molecular formula is C13H18FN. The van der Waals surface area contributed by atoms with Gasteiger partial charge in [0.25, 0.3) is 0 Å². The normalized spacial score (nSPS) is 20.7. The summed E-state index contributed by atoms with van der Waals surface area (Å²) >= 11 is 0. The summed E-state index contributed by atoms with van der Waals surface area (Å²) in [7, 11) is 0. The average molecular weight is 207 g/mol. The molecule has 0 radical (unpaired) electrons. The summed E-state index contributed by atoms with van der Waals surface area (Å²) in [5.41, 5.74) is 1.25. The lowest BCUT2D eigenvalue weighted by Gasteiger charge is -2.07. The van der Waals surface area contributed by atoms with E-state index in [2.05, 4.69) is 5.32 Å². The van der Waals surface area contributed by atoms with E-state index >= 15 is 0 Å². The van der Waals surface area contributed by atoms with E-state index in [0.717, 1.165) is 12.3 Å². The van der Waals surface area contributed by atoms with E-state index in [-0.39, 0.29) is 5.82 Å². The van der Waals surface area contributed by atoms with Crippen LogP contribution in [0.3, 0.4) is 0 Å². The highest BCUT2D eigenvalue weighted by Crippen LogP contribution is 2.16. The van der Waals surface area contributed by atoms with Gasteiger partial charge in [-0.05, 0) is 62.4 Å². The molecular weight excluding hydrogens is 189 g/mol. The van der Waals surface area contributed by atoms with Crippen molar-refractivity contribution < 1.29 is 4.39 Å². The predicted molar refractivity (Wildman–Crippen MR) is 60.3 cm³/mol. The first-order valence-corrected chi connectivity index (χ1v) is 5.80. The third-order valence-corrected chi connectivity index (χ3v) is 3.15. The van der Waals surface area contributed by atoms with Crippen molar-refractivity contribution >= 4 is 0 Å². The fraction of sp³-hybridized carbons (Fsp3) is 0.538. The second-order valence-corrected chi connectivity index (χ2v) is 4.38. The first kappa shape index (κ1) is 10.6. The molecule has 0 aliphatic carbocycles. The van der Waals surface area contributed by atoms with Crippen LogP contribution in [0.15, 0.2) is 24.3 Å². The summed E-state index contributed by atoms with van der Waals surface area (Å²) in [6, 6.07) is 6.88. The van der Waals surface area contributed by atoms with Gasteiger partial charge in [0.2, 0.25) is 0 Å². The summed E-state index contributed by atoms with van der Waals surface area (Å²) in [6.07, 6.45) is 4.92. The topological polar surface area (TPSA) is 12.0 Å². The van der Waals surface area contributed by atoms with Crippen LogP contribution in [-0.4, -0.2) is 13.1 Å². The minimum Gasteiger partial charge on any atom is -0.316 e. The SMILES string of the molecule is Fc1ccc(CCCC2CCNC2)cc1. The number of halogens is 1. The number of rotatable bonds is 4. The van der Waals surface area contributed by atoms with Gasteiger partial charge < -0.3 is 5.32 Å². The van der Waals surface area contributed by atoms with Crippen LogP contribution in [0, 0.1) is 11.7 Å². The second-order valence-electron chi connectivity index (χ2n) is 4.38. The van der Waals surface area contributed by atoms with Crippen molar-refractivity contribution in [2.45, 2.75) is 25.7 Å². The fourth-order valence-electron chi connectivity index (χ4n) is 2.21. The van der Waals surface area contributed by atoms with Crippen molar-refractivity contribution in [3.8, 4) is 0 Å². The molecule has 0 spiro atoms. The molecule has 1 atom stereocenters. The molecule has 1 aliphatic heterocycles. The molecule has 1 aromatic rings. The Hall–Kier alpha value is -0.890. The van der Waals surface area contributed by atoms with E-state index in [0.29, 0.717) is 0 Å². The molecule has 15 heavy (non-hydrogen) atoms. The zero-order chi connectivity index (χ0) is 10.5. The van der Waals surface area contributed by atoms with Crippen LogP contribution in [0.2, 0.25) is 0 Å². The molecule has 0 saturated carbocycles. The highest BCUT2D eigenvalue weighted by Gasteiger charge is 2.13. The van der Waals surface area contributed by atoms with E-state index < -0.39 is 0 Å². The van der Waals surface area contributed by atoms with Crippen molar-refractivity contribution in [1.82, 2.24) is 5.32 Å². The van der Waals surface area contributed by atoms with Crippen molar-refractivity contribution in [1.29, 1.82) is 0 Å². The second kappa shape index (κ2) is 5.26. The van der Waals surface area contributed by atoms with Gasteiger partial charge >= 0.3 is 0 Å². The van der Waals surface area contributed by atoms with Crippen LogP contribution in [0.25, 0.3) is 0 Å². The zero-order valence-corrected chi connectivity index (χ0v) is 9.01. The van der Waals surface area contributed by atoms with Crippen molar-refractivity contribution in [2.75, 3.05) is 13.1 Å². The van der Waals surface area contributed by atoms with E-state index in [1.807, 2.05) is 12.1 Å². The lowest BCUT2D eigenvalue weighted by molar-refractivity contribution is 0.510. The number of benzene rings is 1. The van der Waals surface area contributed by atoms with Gasteiger partial charge in [-0.15, -0.1) is 0 Å². The first-order valence-electron chi connectivity index (χ1n) is 5.80. The molecule has 2 heteroatoms. The van der Waals surface area contributed by atoms with Crippen LogP contribution in [0.1, 0.15) is 24.8 Å². The molecule has 1 aliphatic rings.